The molecule has 0 unspecified atom stereocenters. The zero-order chi connectivity index (χ0) is 12.3. The first-order valence-electron chi connectivity index (χ1n) is 6.47. The predicted molar refractivity (Wildman–Crippen MR) is 71.0 cm³/mol. The summed E-state index contributed by atoms with van der Waals surface area (Å²) in [5, 5.41) is 12.5. The van der Waals surface area contributed by atoms with Gasteiger partial charge in [-0.2, -0.15) is 0 Å². The minimum Gasteiger partial charge on any atom is -0.329 e. The molecule has 0 bridgehead atoms. The van der Waals surface area contributed by atoms with Gasteiger partial charge in [-0.15, -0.1) is 5.10 Å². The lowest BCUT2D eigenvalue weighted by molar-refractivity contribution is 0.556. The molecule has 0 aliphatic rings. The van der Waals surface area contributed by atoms with Crippen LogP contribution in [-0.2, 0) is 6.54 Å². The van der Waals surface area contributed by atoms with Crippen LogP contribution < -0.4 is 5.73 Å². The molecular formula is C11H23N5S. The van der Waals surface area contributed by atoms with Gasteiger partial charge in [0.1, 0.15) is 0 Å². The fourth-order valence-corrected chi connectivity index (χ4v) is 2.51. The first kappa shape index (κ1) is 14.4. The summed E-state index contributed by atoms with van der Waals surface area (Å²) in [6.45, 7) is 3.52. The molecule has 1 heterocycles. The average Bonchev–Trinajstić information content (AvgIpc) is 2.76. The van der Waals surface area contributed by atoms with E-state index in [-0.39, 0.29) is 0 Å². The van der Waals surface area contributed by atoms with Crippen molar-refractivity contribution in [3.63, 3.8) is 0 Å². The van der Waals surface area contributed by atoms with E-state index in [1.807, 2.05) is 0 Å². The van der Waals surface area contributed by atoms with E-state index in [9.17, 15) is 0 Å². The Morgan fingerprint density at radius 2 is 1.94 bits per heavy atom. The Hall–Kier alpha value is -0.620. The maximum absolute atomic E-state index is 5.49. The van der Waals surface area contributed by atoms with Gasteiger partial charge in [-0.25, -0.2) is 4.68 Å². The Kier molecular flexibility index (Phi) is 8.00. The van der Waals surface area contributed by atoms with Crippen LogP contribution in [0.2, 0.25) is 0 Å². The number of unbranched alkanes of at least 4 members (excludes halogenated alkanes) is 5. The van der Waals surface area contributed by atoms with Gasteiger partial charge in [0.25, 0.3) is 0 Å². The molecule has 6 heteroatoms. The van der Waals surface area contributed by atoms with Gasteiger partial charge in [0.2, 0.25) is 5.16 Å². The molecule has 98 valence electrons. The number of thioether (sulfide) groups is 1. The first-order valence-corrected chi connectivity index (χ1v) is 7.46. The third-order valence-electron chi connectivity index (χ3n) is 2.57. The van der Waals surface area contributed by atoms with Crippen molar-refractivity contribution in [2.24, 2.45) is 5.73 Å². The standard InChI is InChI=1S/C11H23N5S/c1-2-3-4-5-6-7-10-17-11-13-14-15-16(11)9-8-12/h2-10,12H2,1H3. The Labute approximate surface area is 108 Å². The molecule has 17 heavy (non-hydrogen) atoms. The fraction of sp³-hybridized carbons (Fsp3) is 0.909. The van der Waals surface area contributed by atoms with Crippen molar-refractivity contribution >= 4 is 11.8 Å². The molecular weight excluding hydrogens is 234 g/mol. The van der Waals surface area contributed by atoms with Gasteiger partial charge in [0.05, 0.1) is 6.54 Å². The van der Waals surface area contributed by atoms with Gasteiger partial charge in [0, 0.05) is 12.3 Å². The van der Waals surface area contributed by atoms with Crippen molar-refractivity contribution in [3.05, 3.63) is 0 Å². The van der Waals surface area contributed by atoms with E-state index < -0.39 is 0 Å². The first-order chi connectivity index (χ1) is 8.38. The van der Waals surface area contributed by atoms with Crippen LogP contribution in [0.3, 0.4) is 0 Å². The molecule has 1 aromatic heterocycles. The quantitative estimate of drug-likeness (QED) is 0.513. The molecule has 0 aliphatic heterocycles. The highest BCUT2D eigenvalue weighted by molar-refractivity contribution is 7.99. The molecule has 0 fully saturated rings. The Balaban J connectivity index is 2.07. The molecule has 0 spiro atoms. The van der Waals surface area contributed by atoms with Crippen molar-refractivity contribution in [2.75, 3.05) is 12.3 Å². The molecule has 0 aliphatic carbocycles. The largest absolute Gasteiger partial charge is 0.329 e. The smallest absolute Gasteiger partial charge is 0.209 e. The highest BCUT2D eigenvalue weighted by Crippen LogP contribution is 2.16. The highest BCUT2D eigenvalue weighted by Gasteiger charge is 2.04. The van der Waals surface area contributed by atoms with E-state index in [1.165, 1.54) is 38.5 Å². The molecule has 0 saturated heterocycles. The third-order valence-corrected chi connectivity index (χ3v) is 3.61. The summed E-state index contributed by atoms with van der Waals surface area (Å²) in [5.41, 5.74) is 5.49. The fourth-order valence-electron chi connectivity index (χ4n) is 1.61. The topological polar surface area (TPSA) is 69.6 Å². The minimum absolute atomic E-state index is 0.579. The van der Waals surface area contributed by atoms with Gasteiger partial charge in [-0.3, -0.25) is 0 Å². The van der Waals surface area contributed by atoms with E-state index >= 15 is 0 Å². The van der Waals surface area contributed by atoms with Crippen LogP contribution in [0.1, 0.15) is 45.4 Å². The van der Waals surface area contributed by atoms with E-state index in [4.69, 9.17) is 5.73 Å². The van der Waals surface area contributed by atoms with E-state index in [0.717, 1.165) is 10.9 Å². The second-order valence-electron chi connectivity index (χ2n) is 4.09. The number of nitrogens with zero attached hydrogens (tertiary/aromatic N) is 4. The summed E-state index contributed by atoms with van der Waals surface area (Å²) in [6, 6.07) is 0. The lowest BCUT2D eigenvalue weighted by Gasteiger charge is -2.02. The summed E-state index contributed by atoms with van der Waals surface area (Å²) in [6.07, 6.45) is 7.94. The maximum Gasteiger partial charge on any atom is 0.209 e. The van der Waals surface area contributed by atoms with Crippen molar-refractivity contribution in [2.45, 2.75) is 57.1 Å². The van der Waals surface area contributed by atoms with Crippen molar-refractivity contribution in [1.29, 1.82) is 0 Å². The van der Waals surface area contributed by atoms with Crippen LogP contribution in [0.15, 0.2) is 5.16 Å². The van der Waals surface area contributed by atoms with E-state index in [2.05, 4.69) is 22.4 Å². The number of aromatic nitrogens is 4. The van der Waals surface area contributed by atoms with Crippen LogP contribution in [0, 0.1) is 0 Å². The molecule has 1 aromatic rings. The molecule has 0 amide bonds. The van der Waals surface area contributed by atoms with Crippen molar-refractivity contribution < 1.29 is 0 Å². The molecule has 0 radical (unpaired) electrons. The van der Waals surface area contributed by atoms with Gasteiger partial charge in [-0.05, 0) is 16.8 Å². The molecule has 0 atom stereocenters. The van der Waals surface area contributed by atoms with Crippen LogP contribution in [0.5, 0.6) is 0 Å². The summed E-state index contributed by atoms with van der Waals surface area (Å²) < 4.78 is 1.78. The molecule has 0 saturated carbocycles. The van der Waals surface area contributed by atoms with Crippen LogP contribution >= 0.6 is 11.8 Å². The summed E-state index contributed by atoms with van der Waals surface area (Å²) in [7, 11) is 0. The normalized spacial score (nSPS) is 10.9. The van der Waals surface area contributed by atoms with Crippen LogP contribution in [-0.4, -0.2) is 32.5 Å². The van der Waals surface area contributed by atoms with Gasteiger partial charge < -0.3 is 5.73 Å². The number of hydrogen-bond donors (Lipinski definition) is 1. The van der Waals surface area contributed by atoms with E-state index in [1.54, 1.807) is 16.4 Å². The number of hydrogen-bond acceptors (Lipinski definition) is 5. The predicted octanol–water partition coefficient (Wildman–Crippen LogP) is 2.08. The number of tetrazole rings is 1. The monoisotopic (exact) mass is 257 g/mol. The Morgan fingerprint density at radius 1 is 1.18 bits per heavy atom. The summed E-state index contributed by atoms with van der Waals surface area (Å²) in [4.78, 5) is 0. The zero-order valence-corrected chi connectivity index (χ0v) is 11.5. The van der Waals surface area contributed by atoms with Crippen LogP contribution in [0.25, 0.3) is 0 Å². The molecule has 1 rings (SSSR count). The molecule has 2 N–H and O–H groups in total. The zero-order valence-electron chi connectivity index (χ0n) is 10.6. The summed E-state index contributed by atoms with van der Waals surface area (Å²) in [5.74, 6) is 1.09. The third kappa shape index (κ3) is 6.02. The second kappa shape index (κ2) is 9.41. The van der Waals surface area contributed by atoms with Crippen molar-refractivity contribution in [3.8, 4) is 0 Å². The van der Waals surface area contributed by atoms with Crippen LogP contribution in [0.4, 0.5) is 0 Å². The second-order valence-corrected chi connectivity index (χ2v) is 5.15. The SMILES string of the molecule is CCCCCCCCSc1nnnn1CCN. The number of rotatable bonds is 10. The van der Waals surface area contributed by atoms with Gasteiger partial charge in [0.15, 0.2) is 0 Å². The van der Waals surface area contributed by atoms with Gasteiger partial charge in [-0.1, -0.05) is 50.8 Å². The average molecular weight is 257 g/mol. The lowest BCUT2D eigenvalue weighted by atomic mass is 10.1. The molecule has 0 aromatic carbocycles. The Morgan fingerprint density at radius 3 is 2.71 bits per heavy atom. The summed E-state index contributed by atoms with van der Waals surface area (Å²) >= 11 is 1.73. The maximum atomic E-state index is 5.49. The minimum atomic E-state index is 0.579. The van der Waals surface area contributed by atoms with Gasteiger partial charge >= 0.3 is 0 Å². The van der Waals surface area contributed by atoms with E-state index in [0.29, 0.717) is 13.1 Å². The lowest BCUT2D eigenvalue weighted by Crippen LogP contribution is -2.12. The van der Waals surface area contributed by atoms with Crippen molar-refractivity contribution in [1.82, 2.24) is 20.2 Å². The molecule has 5 nitrogen and oxygen atoms in total. The Bertz CT molecular complexity index is 289. The highest BCUT2D eigenvalue weighted by atomic mass is 32.2. The number of nitrogens with two attached hydrogens (primary N) is 1.